The molecule has 3 heteroatoms. The van der Waals surface area contributed by atoms with Crippen LogP contribution in [0.25, 0.3) is 0 Å². The van der Waals surface area contributed by atoms with Gasteiger partial charge in [0.15, 0.2) is 5.78 Å². The maximum Gasteiger partial charge on any atom is 0.167 e. The fraction of sp³-hybridized carbons (Fsp3) is 0.545. The molecule has 0 bridgehead atoms. The van der Waals surface area contributed by atoms with Crippen molar-refractivity contribution in [3.63, 3.8) is 0 Å². The van der Waals surface area contributed by atoms with Crippen molar-refractivity contribution in [3.05, 3.63) is 22.6 Å². The highest BCUT2D eigenvalue weighted by molar-refractivity contribution is 5.99. The number of ketones is 1. The van der Waals surface area contributed by atoms with Gasteiger partial charge in [-0.15, -0.1) is 0 Å². The molecule has 0 aliphatic heterocycles. The smallest absolute Gasteiger partial charge is 0.167 e. The molecule has 0 aromatic carbocycles. The zero-order valence-corrected chi connectivity index (χ0v) is 8.46. The Morgan fingerprint density at radius 2 is 2.14 bits per heavy atom. The summed E-state index contributed by atoms with van der Waals surface area (Å²) in [5.74, 6) is 1.73. The number of carbonyl (C=O) groups excluding carboxylic acids is 1. The summed E-state index contributed by atoms with van der Waals surface area (Å²) in [6.07, 6.45) is 1.13. The summed E-state index contributed by atoms with van der Waals surface area (Å²) in [7, 11) is 0. The fourth-order valence-corrected chi connectivity index (χ4v) is 2.03. The third-order valence-corrected chi connectivity index (χ3v) is 2.94. The highest BCUT2D eigenvalue weighted by atomic mass is 16.3. The zero-order chi connectivity index (χ0) is 10.3. The number of hydrogen-bond donors (Lipinski definition) is 1. The van der Waals surface area contributed by atoms with Crippen molar-refractivity contribution < 1.29 is 14.3 Å². The molecule has 0 amide bonds. The minimum Gasteiger partial charge on any atom is -0.465 e. The van der Waals surface area contributed by atoms with Crippen LogP contribution in [0.2, 0.25) is 0 Å². The Morgan fingerprint density at radius 1 is 1.43 bits per heavy atom. The molecule has 1 aromatic heterocycles. The standard InChI is InChI=1S/C11H14O3/c1-6-7(2)14-10-4-8(5-12)3-9(13)11(6)10/h8,12H,3-5H2,1-2H3. The minimum atomic E-state index is 0.0416. The summed E-state index contributed by atoms with van der Waals surface area (Å²) in [5.41, 5.74) is 1.72. The monoisotopic (exact) mass is 194 g/mol. The first-order valence-corrected chi connectivity index (χ1v) is 4.86. The fourth-order valence-electron chi connectivity index (χ4n) is 2.03. The number of Topliss-reactive ketones (excluding diaryl/α,β-unsaturated/α-hetero) is 1. The van der Waals surface area contributed by atoms with Crippen LogP contribution in [-0.4, -0.2) is 17.5 Å². The van der Waals surface area contributed by atoms with E-state index in [0.717, 1.165) is 22.6 Å². The number of hydrogen-bond acceptors (Lipinski definition) is 3. The molecule has 3 nitrogen and oxygen atoms in total. The first kappa shape index (κ1) is 9.46. The Morgan fingerprint density at radius 3 is 2.79 bits per heavy atom. The molecule has 0 saturated heterocycles. The van der Waals surface area contributed by atoms with Gasteiger partial charge in [-0.3, -0.25) is 4.79 Å². The summed E-state index contributed by atoms with van der Waals surface area (Å²) < 4.78 is 5.51. The lowest BCUT2D eigenvalue weighted by atomic mass is 9.86. The van der Waals surface area contributed by atoms with Crippen molar-refractivity contribution in [1.29, 1.82) is 0 Å². The molecule has 1 unspecified atom stereocenters. The van der Waals surface area contributed by atoms with Gasteiger partial charge in [0.1, 0.15) is 11.5 Å². The van der Waals surface area contributed by atoms with E-state index in [0.29, 0.717) is 12.8 Å². The lowest BCUT2D eigenvalue weighted by Gasteiger charge is -2.17. The van der Waals surface area contributed by atoms with Crippen LogP contribution in [0.5, 0.6) is 0 Å². The van der Waals surface area contributed by atoms with Gasteiger partial charge in [-0.1, -0.05) is 0 Å². The Kier molecular flexibility index (Phi) is 2.19. The molecule has 1 aliphatic rings. The maximum atomic E-state index is 11.7. The van der Waals surface area contributed by atoms with Crippen LogP contribution in [0.15, 0.2) is 4.42 Å². The van der Waals surface area contributed by atoms with E-state index < -0.39 is 0 Å². The molecular weight excluding hydrogens is 180 g/mol. The first-order valence-electron chi connectivity index (χ1n) is 4.86. The van der Waals surface area contributed by atoms with Gasteiger partial charge in [0.05, 0.1) is 5.56 Å². The largest absolute Gasteiger partial charge is 0.465 e. The van der Waals surface area contributed by atoms with E-state index in [9.17, 15) is 4.79 Å². The second kappa shape index (κ2) is 3.24. The van der Waals surface area contributed by atoms with Crippen molar-refractivity contribution in [1.82, 2.24) is 0 Å². The predicted molar refractivity (Wildman–Crippen MR) is 51.4 cm³/mol. The quantitative estimate of drug-likeness (QED) is 0.739. The summed E-state index contributed by atoms with van der Waals surface area (Å²) in [6.45, 7) is 3.84. The van der Waals surface area contributed by atoms with Gasteiger partial charge in [-0.05, 0) is 19.8 Å². The average molecular weight is 194 g/mol. The van der Waals surface area contributed by atoms with Crippen LogP contribution in [0, 0.1) is 19.8 Å². The summed E-state index contributed by atoms with van der Waals surface area (Å²) >= 11 is 0. The second-order valence-corrected chi connectivity index (χ2v) is 3.96. The van der Waals surface area contributed by atoms with E-state index in [1.165, 1.54) is 0 Å². The highest BCUT2D eigenvalue weighted by Crippen LogP contribution is 2.31. The predicted octanol–water partition coefficient (Wildman–Crippen LogP) is 1.63. The van der Waals surface area contributed by atoms with E-state index in [2.05, 4.69) is 0 Å². The van der Waals surface area contributed by atoms with Gasteiger partial charge in [0.2, 0.25) is 0 Å². The Labute approximate surface area is 82.7 Å². The van der Waals surface area contributed by atoms with E-state index in [-0.39, 0.29) is 18.3 Å². The molecule has 14 heavy (non-hydrogen) atoms. The molecule has 1 N–H and O–H groups in total. The van der Waals surface area contributed by atoms with Crippen LogP contribution in [-0.2, 0) is 6.42 Å². The number of fused-ring (bicyclic) bond motifs is 1. The number of aliphatic hydroxyl groups is 1. The summed E-state index contributed by atoms with van der Waals surface area (Å²) in [5, 5.41) is 9.02. The minimum absolute atomic E-state index is 0.0416. The Balaban J connectivity index is 2.45. The normalized spacial score (nSPS) is 21.1. The topological polar surface area (TPSA) is 50.4 Å². The van der Waals surface area contributed by atoms with Gasteiger partial charge >= 0.3 is 0 Å². The van der Waals surface area contributed by atoms with Crippen LogP contribution < -0.4 is 0 Å². The molecule has 0 fully saturated rings. The molecule has 0 spiro atoms. The van der Waals surface area contributed by atoms with Crippen molar-refractivity contribution in [2.75, 3.05) is 6.61 Å². The molecule has 1 aliphatic carbocycles. The second-order valence-electron chi connectivity index (χ2n) is 3.96. The molecule has 2 rings (SSSR count). The Hall–Kier alpha value is -1.09. The molecule has 76 valence electrons. The van der Waals surface area contributed by atoms with E-state index >= 15 is 0 Å². The lowest BCUT2D eigenvalue weighted by Crippen LogP contribution is -2.21. The molecular formula is C11H14O3. The number of aliphatic hydroxyl groups excluding tert-OH is 1. The number of aryl methyl sites for hydroxylation is 1. The molecule has 1 atom stereocenters. The van der Waals surface area contributed by atoms with Crippen LogP contribution in [0.4, 0.5) is 0 Å². The zero-order valence-electron chi connectivity index (χ0n) is 8.46. The lowest BCUT2D eigenvalue weighted by molar-refractivity contribution is 0.0910. The number of rotatable bonds is 1. The SMILES string of the molecule is Cc1oc2c(c1C)C(=O)CC(CO)C2. The van der Waals surface area contributed by atoms with Gasteiger partial charge in [-0.2, -0.15) is 0 Å². The van der Waals surface area contributed by atoms with Gasteiger partial charge in [-0.25, -0.2) is 0 Å². The molecule has 1 heterocycles. The van der Waals surface area contributed by atoms with E-state index in [4.69, 9.17) is 9.52 Å². The van der Waals surface area contributed by atoms with E-state index in [1.807, 2.05) is 13.8 Å². The summed E-state index contributed by atoms with van der Waals surface area (Å²) in [6, 6.07) is 0. The third kappa shape index (κ3) is 1.28. The van der Waals surface area contributed by atoms with Gasteiger partial charge < -0.3 is 9.52 Å². The van der Waals surface area contributed by atoms with Crippen molar-refractivity contribution in [2.45, 2.75) is 26.7 Å². The van der Waals surface area contributed by atoms with Crippen molar-refractivity contribution in [3.8, 4) is 0 Å². The van der Waals surface area contributed by atoms with Crippen LogP contribution in [0.3, 0.4) is 0 Å². The Bertz CT molecular complexity index is 376. The van der Waals surface area contributed by atoms with Gasteiger partial charge in [0, 0.05) is 25.0 Å². The first-order chi connectivity index (χ1) is 6.63. The van der Waals surface area contributed by atoms with Crippen LogP contribution in [0.1, 0.15) is 33.9 Å². The average Bonchev–Trinajstić information content (AvgIpc) is 2.43. The van der Waals surface area contributed by atoms with Crippen molar-refractivity contribution >= 4 is 5.78 Å². The molecule has 1 aromatic rings. The summed E-state index contributed by atoms with van der Waals surface area (Å²) in [4.78, 5) is 11.7. The highest BCUT2D eigenvalue weighted by Gasteiger charge is 2.30. The molecule has 0 saturated carbocycles. The van der Waals surface area contributed by atoms with Gasteiger partial charge in [0.25, 0.3) is 0 Å². The van der Waals surface area contributed by atoms with Crippen LogP contribution >= 0.6 is 0 Å². The van der Waals surface area contributed by atoms with Crippen molar-refractivity contribution in [2.24, 2.45) is 5.92 Å². The third-order valence-electron chi connectivity index (χ3n) is 2.94. The number of furan rings is 1. The maximum absolute atomic E-state index is 11.7. The molecule has 0 radical (unpaired) electrons. The number of carbonyl (C=O) groups is 1. The van der Waals surface area contributed by atoms with E-state index in [1.54, 1.807) is 0 Å².